The van der Waals surface area contributed by atoms with E-state index in [1.165, 1.54) is 12.4 Å². The van der Waals surface area contributed by atoms with Crippen molar-refractivity contribution in [2.75, 3.05) is 13.2 Å². The lowest BCUT2D eigenvalue weighted by molar-refractivity contribution is -0.140. The van der Waals surface area contributed by atoms with E-state index in [1.54, 1.807) is 13.0 Å². The second-order valence-corrected chi connectivity index (χ2v) is 6.90. The number of hydrogen-bond acceptors (Lipinski definition) is 5. The Kier molecular flexibility index (Phi) is 4.60. The first-order chi connectivity index (χ1) is 9.85. The molecule has 7 nitrogen and oxygen atoms in total. The Hall–Kier alpha value is -1.51. The number of hydrogen-bond donors (Lipinski definition) is 2. The molecule has 2 rings (SSSR count). The van der Waals surface area contributed by atoms with Crippen LogP contribution in [0.4, 0.5) is 0 Å². The van der Waals surface area contributed by atoms with E-state index in [1.807, 2.05) is 0 Å². The zero-order valence-corrected chi connectivity index (χ0v) is 12.5. The van der Waals surface area contributed by atoms with E-state index in [-0.39, 0.29) is 17.9 Å². The van der Waals surface area contributed by atoms with Crippen molar-refractivity contribution < 1.29 is 23.1 Å². The number of sulfonamides is 1. The minimum atomic E-state index is -3.85. The average Bonchev–Trinajstić information content (AvgIpc) is 2.38. The number of ether oxygens (including phenoxy) is 1. The van der Waals surface area contributed by atoms with Gasteiger partial charge < -0.3 is 9.84 Å². The Morgan fingerprint density at radius 3 is 2.90 bits per heavy atom. The van der Waals surface area contributed by atoms with Gasteiger partial charge in [-0.25, -0.2) is 13.1 Å². The van der Waals surface area contributed by atoms with Gasteiger partial charge in [-0.1, -0.05) is 0 Å². The van der Waals surface area contributed by atoms with Crippen LogP contribution in [0.1, 0.15) is 24.8 Å². The molecule has 116 valence electrons. The first kappa shape index (κ1) is 15.9. The lowest BCUT2D eigenvalue weighted by atomic mass is 9.90. The van der Waals surface area contributed by atoms with E-state index >= 15 is 0 Å². The summed E-state index contributed by atoms with van der Waals surface area (Å²) in [5.74, 6) is -1.06. The Morgan fingerprint density at radius 2 is 2.33 bits per heavy atom. The number of rotatable bonds is 5. The molecule has 1 aliphatic rings. The summed E-state index contributed by atoms with van der Waals surface area (Å²) in [6, 6.07) is 1.59. The van der Waals surface area contributed by atoms with E-state index in [4.69, 9.17) is 9.84 Å². The van der Waals surface area contributed by atoms with Gasteiger partial charge in [0.1, 0.15) is 4.90 Å². The van der Waals surface area contributed by atoms with Crippen LogP contribution in [-0.4, -0.2) is 43.2 Å². The van der Waals surface area contributed by atoms with Crippen molar-refractivity contribution >= 4 is 16.0 Å². The second kappa shape index (κ2) is 6.08. The summed E-state index contributed by atoms with van der Waals surface area (Å²) < 4.78 is 32.8. The van der Waals surface area contributed by atoms with Crippen LogP contribution in [0.5, 0.6) is 0 Å². The summed E-state index contributed by atoms with van der Waals surface area (Å²) in [6.45, 7) is 2.23. The molecular weight excluding hydrogens is 296 g/mol. The number of carboxylic acids is 1. The van der Waals surface area contributed by atoms with E-state index in [9.17, 15) is 13.2 Å². The van der Waals surface area contributed by atoms with Gasteiger partial charge in [0.05, 0.1) is 18.6 Å². The minimum Gasteiger partial charge on any atom is -0.481 e. The Labute approximate surface area is 123 Å². The fraction of sp³-hybridized carbons (Fsp3) is 0.538. The maximum atomic E-state index is 12.5. The molecule has 0 saturated carbocycles. The van der Waals surface area contributed by atoms with Crippen molar-refractivity contribution in [3.63, 3.8) is 0 Å². The predicted molar refractivity (Wildman–Crippen MR) is 74.3 cm³/mol. The molecule has 0 spiro atoms. The molecule has 21 heavy (non-hydrogen) atoms. The van der Waals surface area contributed by atoms with Crippen LogP contribution in [0, 0.1) is 6.92 Å². The third kappa shape index (κ3) is 3.78. The summed E-state index contributed by atoms with van der Waals surface area (Å²) in [5, 5.41) is 9.05. The van der Waals surface area contributed by atoms with Crippen molar-refractivity contribution in [2.24, 2.45) is 0 Å². The number of aryl methyl sites for hydroxylation is 1. The molecule has 2 heterocycles. The summed E-state index contributed by atoms with van der Waals surface area (Å²) in [7, 11) is -3.85. The van der Waals surface area contributed by atoms with Gasteiger partial charge in [0.15, 0.2) is 0 Å². The normalized spacial score (nSPS) is 22.9. The number of nitrogens with one attached hydrogen (secondary N) is 1. The van der Waals surface area contributed by atoms with Crippen LogP contribution in [0.15, 0.2) is 23.4 Å². The van der Waals surface area contributed by atoms with Crippen LogP contribution in [-0.2, 0) is 19.6 Å². The lowest BCUT2D eigenvalue weighted by Gasteiger charge is -2.36. The molecule has 0 aromatic carbocycles. The molecule has 8 heteroatoms. The van der Waals surface area contributed by atoms with Crippen LogP contribution in [0.25, 0.3) is 0 Å². The fourth-order valence-electron chi connectivity index (χ4n) is 2.47. The number of aromatic nitrogens is 1. The standard InChI is InChI=1S/C13H18N2O5S/c1-10-3-5-14-8-11(10)21(18,19)15-13(7-12(16)17)4-2-6-20-9-13/h3,5,8,15H,2,4,6-7,9H2,1H3,(H,16,17). The number of carboxylic acid groups (broad SMARTS) is 1. The Balaban J connectivity index is 2.31. The molecule has 1 fully saturated rings. The zero-order valence-electron chi connectivity index (χ0n) is 11.7. The smallest absolute Gasteiger partial charge is 0.305 e. The van der Waals surface area contributed by atoms with Gasteiger partial charge in [-0.3, -0.25) is 9.78 Å². The number of aliphatic carboxylic acids is 1. The molecule has 1 atom stereocenters. The summed E-state index contributed by atoms with van der Waals surface area (Å²) >= 11 is 0. The molecule has 1 aliphatic heterocycles. The minimum absolute atomic E-state index is 0.0534. The fourth-order valence-corrected chi connectivity index (χ4v) is 4.07. The highest BCUT2D eigenvalue weighted by atomic mass is 32.2. The molecule has 0 bridgehead atoms. The quantitative estimate of drug-likeness (QED) is 0.828. The summed E-state index contributed by atoms with van der Waals surface area (Å²) in [6.07, 6.45) is 3.49. The van der Waals surface area contributed by atoms with Gasteiger partial charge in [0.2, 0.25) is 10.0 Å². The van der Waals surface area contributed by atoms with Gasteiger partial charge in [-0.15, -0.1) is 0 Å². The van der Waals surface area contributed by atoms with Crippen LogP contribution < -0.4 is 4.72 Å². The highest BCUT2D eigenvalue weighted by molar-refractivity contribution is 7.89. The van der Waals surface area contributed by atoms with E-state index < -0.39 is 21.5 Å². The largest absolute Gasteiger partial charge is 0.481 e. The predicted octanol–water partition coefficient (Wildman–Crippen LogP) is 0.692. The Bertz CT molecular complexity index is 623. The van der Waals surface area contributed by atoms with Gasteiger partial charge in [-0.05, 0) is 31.4 Å². The molecule has 1 aromatic rings. The Morgan fingerprint density at radius 1 is 1.57 bits per heavy atom. The summed E-state index contributed by atoms with van der Waals surface area (Å²) in [4.78, 5) is 14.9. The van der Waals surface area contributed by atoms with Crippen molar-refractivity contribution in [1.29, 1.82) is 0 Å². The second-order valence-electron chi connectivity index (χ2n) is 5.25. The van der Waals surface area contributed by atoms with E-state index in [2.05, 4.69) is 9.71 Å². The molecule has 0 amide bonds. The van der Waals surface area contributed by atoms with E-state index in [0.717, 1.165) is 0 Å². The van der Waals surface area contributed by atoms with Gasteiger partial charge in [-0.2, -0.15) is 0 Å². The molecule has 1 unspecified atom stereocenters. The topological polar surface area (TPSA) is 106 Å². The maximum Gasteiger partial charge on any atom is 0.305 e. The highest BCUT2D eigenvalue weighted by Gasteiger charge is 2.39. The zero-order chi connectivity index (χ0) is 15.5. The maximum absolute atomic E-state index is 12.5. The SMILES string of the molecule is Cc1ccncc1S(=O)(=O)NC1(CC(=O)O)CCCOC1. The first-order valence-electron chi connectivity index (χ1n) is 6.59. The van der Waals surface area contributed by atoms with Crippen molar-refractivity contribution in [1.82, 2.24) is 9.71 Å². The molecule has 1 saturated heterocycles. The molecule has 1 aromatic heterocycles. The van der Waals surface area contributed by atoms with Gasteiger partial charge in [0.25, 0.3) is 0 Å². The first-order valence-corrected chi connectivity index (χ1v) is 8.07. The lowest BCUT2D eigenvalue weighted by Crippen LogP contribution is -2.55. The number of carbonyl (C=O) groups is 1. The van der Waals surface area contributed by atoms with Crippen molar-refractivity contribution in [3.05, 3.63) is 24.0 Å². The average molecular weight is 314 g/mol. The van der Waals surface area contributed by atoms with Crippen LogP contribution >= 0.6 is 0 Å². The molecular formula is C13H18N2O5S. The van der Waals surface area contributed by atoms with Crippen molar-refractivity contribution in [3.8, 4) is 0 Å². The third-order valence-electron chi connectivity index (χ3n) is 3.44. The van der Waals surface area contributed by atoms with Gasteiger partial charge in [0, 0.05) is 19.0 Å². The molecule has 0 aliphatic carbocycles. The summed E-state index contributed by atoms with van der Waals surface area (Å²) in [5.41, 5.74) is -0.551. The molecule has 0 radical (unpaired) electrons. The third-order valence-corrected chi connectivity index (χ3v) is 5.15. The highest BCUT2D eigenvalue weighted by Crippen LogP contribution is 2.26. The number of pyridine rings is 1. The monoisotopic (exact) mass is 314 g/mol. The molecule has 2 N–H and O–H groups in total. The van der Waals surface area contributed by atoms with Crippen LogP contribution in [0.2, 0.25) is 0 Å². The van der Waals surface area contributed by atoms with Crippen molar-refractivity contribution in [2.45, 2.75) is 36.6 Å². The van der Waals surface area contributed by atoms with Crippen LogP contribution in [0.3, 0.4) is 0 Å². The van der Waals surface area contributed by atoms with E-state index in [0.29, 0.717) is 25.0 Å². The van der Waals surface area contributed by atoms with Gasteiger partial charge >= 0.3 is 5.97 Å². The number of nitrogens with zero attached hydrogens (tertiary/aromatic N) is 1.